The van der Waals surface area contributed by atoms with Crippen LogP contribution in [0.3, 0.4) is 0 Å². The molecule has 0 unspecified atom stereocenters. The molecule has 0 aromatic carbocycles. The molecule has 0 saturated carbocycles. The van der Waals surface area contributed by atoms with E-state index in [9.17, 15) is 0 Å². The van der Waals surface area contributed by atoms with E-state index in [-0.39, 0.29) is 0 Å². The fourth-order valence-corrected chi connectivity index (χ4v) is 4.66. The van der Waals surface area contributed by atoms with Crippen LogP contribution < -0.4 is 5.32 Å². The first-order chi connectivity index (χ1) is 12.8. The van der Waals surface area contributed by atoms with E-state index >= 15 is 0 Å². The van der Waals surface area contributed by atoms with Crippen molar-refractivity contribution in [2.24, 2.45) is 5.92 Å². The molecule has 1 atom stereocenters. The summed E-state index contributed by atoms with van der Waals surface area (Å²) in [4.78, 5) is 17.5. The number of aryl methyl sites for hydroxylation is 1. The Morgan fingerprint density at radius 1 is 1.19 bits per heavy atom. The van der Waals surface area contributed by atoms with Gasteiger partial charge in [-0.05, 0) is 45.1 Å². The molecule has 0 amide bonds. The minimum absolute atomic E-state index is 0.431. The Balaban J connectivity index is 1.44. The van der Waals surface area contributed by atoms with Crippen LogP contribution in [0.15, 0.2) is 18.6 Å². The topological polar surface area (TPSA) is 63.2 Å². The van der Waals surface area contributed by atoms with Crippen LogP contribution in [-0.2, 0) is 4.74 Å². The number of rotatable bonds is 5. The zero-order chi connectivity index (χ0) is 17.8. The van der Waals surface area contributed by atoms with Crippen LogP contribution in [0.1, 0.15) is 42.2 Å². The molecule has 2 aromatic rings. The Labute approximate surface area is 159 Å². The number of nitrogens with one attached hydrogen (secondary N) is 1. The van der Waals surface area contributed by atoms with E-state index in [1.54, 1.807) is 17.5 Å². The van der Waals surface area contributed by atoms with Crippen molar-refractivity contribution in [1.82, 2.24) is 19.9 Å². The SMILES string of the molecule is Cc1cnc(Nc2nccnc2[C@@H]2CCCN(CC3CCOCC3)C2)s1. The van der Waals surface area contributed by atoms with E-state index in [0.29, 0.717) is 5.92 Å². The van der Waals surface area contributed by atoms with E-state index in [1.807, 2.05) is 12.4 Å². The number of nitrogens with zero attached hydrogens (tertiary/aromatic N) is 4. The van der Waals surface area contributed by atoms with Crippen molar-refractivity contribution in [2.75, 3.05) is 38.2 Å². The molecule has 4 heterocycles. The van der Waals surface area contributed by atoms with Gasteiger partial charge in [0.1, 0.15) is 0 Å². The Morgan fingerprint density at radius 3 is 2.85 bits per heavy atom. The van der Waals surface area contributed by atoms with Crippen LogP contribution in [0.25, 0.3) is 0 Å². The summed E-state index contributed by atoms with van der Waals surface area (Å²) in [5.74, 6) is 2.07. The number of thiazole rings is 1. The van der Waals surface area contributed by atoms with Crippen molar-refractivity contribution in [3.05, 3.63) is 29.2 Å². The molecule has 2 aliphatic rings. The first-order valence-corrected chi connectivity index (χ1v) is 10.4. The van der Waals surface area contributed by atoms with E-state index in [0.717, 1.165) is 42.3 Å². The van der Waals surface area contributed by atoms with Crippen molar-refractivity contribution in [3.63, 3.8) is 0 Å². The Hall–Kier alpha value is -1.57. The zero-order valence-electron chi connectivity index (χ0n) is 15.4. The first kappa shape index (κ1) is 17.8. The lowest BCUT2D eigenvalue weighted by Gasteiger charge is -2.36. The van der Waals surface area contributed by atoms with Crippen LogP contribution in [-0.4, -0.2) is 52.7 Å². The predicted molar refractivity (Wildman–Crippen MR) is 104 cm³/mol. The third-order valence-corrected chi connectivity index (χ3v) is 6.15. The fourth-order valence-electron chi connectivity index (χ4n) is 4.00. The summed E-state index contributed by atoms with van der Waals surface area (Å²) in [5, 5.41) is 4.27. The smallest absolute Gasteiger partial charge is 0.188 e. The molecule has 6 nitrogen and oxygen atoms in total. The molecule has 7 heteroatoms. The Morgan fingerprint density at radius 2 is 2.04 bits per heavy atom. The molecule has 1 N–H and O–H groups in total. The van der Waals surface area contributed by atoms with E-state index in [1.165, 1.54) is 43.6 Å². The lowest BCUT2D eigenvalue weighted by Crippen LogP contribution is -2.39. The minimum atomic E-state index is 0.431. The number of hydrogen-bond acceptors (Lipinski definition) is 7. The van der Waals surface area contributed by atoms with Crippen LogP contribution in [0.5, 0.6) is 0 Å². The second-order valence-corrected chi connectivity index (χ2v) is 8.58. The third-order valence-electron chi connectivity index (χ3n) is 5.32. The van der Waals surface area contributed by atoms with Gasteiger partial charge in [-0.1, -0.05) is 0 Å². The lowest BCUT2D eigenvalue weighted by molar-refractivity contribution is 0.0482. The van der Waals surface area contributed by atoms with Crippen LogP contribution in [0, 0.1) is 12.8 Å². The molecule has 26 heavy (non-hydrogen) atoms. The van der Waals surface area contributed by atoms with Gasteiger partial charge in [0.05, 0.1) is 5.69 Å². The van der Waals surface area contributed by atoms with Crippen LogP contribution in [0.4, 0.5) is 10.9 Å². The molecule has 4 rings (SSSR count). The molecule has 2 aliphatic heterocycles. The molecule has 140 valence electrons. The van der Waals surface area contributed by atoms with Crippen molar-refractivity contribution in [1.29, 1.82) is 0 Å². The second kappa shape index (κ2) is 8.41. The Bertz CT molecular complexity index is 715. The number of likely N-dealkylation sites (tertiary alicyclic amines) is 1. The number of hydrogen-bond donors (Lipinski definition) is 1. The van der Waals surface area contributed by atoms with E-state index < -0.39 is 0 Å². The molecular formula is C19H27N5OS. The normalized spacial score (nSPS) is 22.4. The number of piperidine rings is 1. The minimum Gasteiger partial charge on any atom is -0.381 e. The maximum atomic E-state index is 5.50. The summed E-state index contributed by atoms with van der Waals surface area (Å²) in [6.07, 6.45) is 10.2. The van der Waals surface area contributed by atoms with Gasteiger partial charge < -0.3 is 15.0 Å². The summed E-state index contributed by atoms with van der Waals surface area (Å²) < 4.78 is 5.50. The zero-order valence-corrected chi connectivity index (χ0v) is 16.2. The van der Waals surface area contributed by atoms with Crippen molar-refractivity contribution in [3.8, 4) is 0 Å². The molecule has 2 fully saturated rings. The van der Waals surface area contributed by atoms with Gasteiger partial charge in [-0.15, -0.1) is 11.3 Å². The predicted octanol–water partition coefficient (Wildman–Crippen LogP) is 3.59. The average molecular weight is 374 g/mol. The summed E-state index contributed by atoms with van der Waals surface area (Å²) in [7, 11) is 0. The highest BCUT2D eigenvalue weighted by atomic mass is 32.1. The van der Waals surface area contributed by atoms with Crippen molar-refractivity contribution in [2.45, 2.75) is 38.5 Å². The van der Waals surface area contributed by atoms with Gasteiger partial charge in [0.15, 0.2) is 10.9 Å². The maximum absolute atomic E-state index is 5.50. The van der Waals surface area contributed by atoms with Crippen molar-refractivity contribution < 1.29 is 4.74 Å². The lowest BCUT2D eigenvalue weighted by atomic mass is 9.92. The van der Waals surface area contributed by atoms with Gasteiger partial charge in [-0.3, -0.25) is 4.98 Å². The van der Waals surface area contributed by atoms with Gasteiger partial charge in [0.2, 0.25) is 0 Å². The van der Waals surface area contributed by atoms with Gasteiger partial charge >= 0.3 is 0 Å². The highest BCUT2D eigenvalue weighted by Crippen LogP contribution is 2.32. The standard InChI is InChI=1S/C19H27N5OS/c1-14-11-22-19(26-14)23-18-17(20-6-7-21-18)16-3-2-8-24(13-16)12-15-4-9-25-10-5-15/h6-7,11,15-16H,2-5,8-10,12-13H2,1H3,(H,21,22,23)/t16-/m1/s1. The fraction of sp³-hybridized carbons (Fsp3) is 0.632. The highest BCUT2D eigenvalue weighted by Gasteiger charge is 2.27. The molecule has 0 spiro atoms. The van der Waals surface area contributed by atoms with Gasteiger partial charge in [-0.2, -0.15) is 0 Å². The molecule has 0 radical (unpaired) electrons. The summed E-state index contributed by atoms with van der Waals surface area (Å²) in [6.45, 7) is 7.37. The number of ether oxygens (including phenoxy) is 1. The second-order valence-electron chi connectivity index (χ2n) is 7.35. The van der Waals surface area contributed by atoms with Gasteiger partial charge in [0.25, 0.3) is 0 Å². The molecule has 0 bridgehead atoms. The molecule has 0 aliphatic carbocycles. The third kappa shape index (κ3) is 4.39. The van der Waals surface area contributed by atoms with E-state index in [2.05, 4.69) is 27.1 Å². The monoisotopic (exact) mass is 373 g/mol. The van der Waals surface area contributed by atoms with Crippen LogP contribution in [0.2, 0.25) is 0 Å². The highest BCUT2D eigenvalue weighted by molar-refractivity contribution is 7.15. The maximum Gasteiger partial charge on any atom is 0.188 e. The largest absolute Gasteiger partial charge is 0.381 e. The Kier molecular flexibility index (Phi) is 5.77. The molecule has 2 saturated heterocycles. The summed E-state index contributed by atoms with van der Waals surface area (Å²) in [5.41, 5.74) is 1.08. The van der Waals surface area contributed by atoms with Crippen molar-refractivity contribution >= 4 is 22.3 Å². The first-order valence-electron chi connectivity index (χ1n) is 9.58. The van der Waals surface area contributed by atoms with E-state index in [4.69, 9.17) is 9.72 Å². The summed E-state index contributed by atoms with van der Waals surface area (Å²) >= 11 is 1.65. The number of aromatic nitrogens is 3. The number of anilines is 2. The van der Waals surface area contributed by atoms with Crippen LogP contribution >= 0.6 is 11.3 Å². The quantitative estimate of drug-likeness (QED) is 0.864. The molecular weight excluding hydrogens is 346 g/mol. The molecule has 2 aromatic heterocycles. The van der Waals surface area contributed by atoms with Gasteiger partial charge in [0, 0.05) is 55.7 Å². The summed E-state index contributed by atoms with van der Waals surface area (Å²) in [6, 6.07) is 0. The van der Waals surface area contributed by atoms with Gasteiger partial charge in [-0.25, -0.2) is 9.97 Å². The average Bonchev–Trinajstić information content (AvgIpc) is 3.08.